The average molecular weight is 218 g/mol. The molecule has 1 aliphatic heterocycles. The molecule has 0 bridgehead atoms. The molecule has 16 heavy (non-hydrogen) atoms. The highest BCUT2D eigenvalue weighted by atomic mass is 16.2. The van der Waals surface area contributed by atoms with E-state index in [0.29, 0.717) is 6.42 Å². The van der Waals surface area contributed by atoms with Gasteiger partial charge in [0.2, 0.25) is 5.91 Å². The van der Waals surface area contributed by atoms with Crippen LogP contribution in [0.4, 0.5) is 0 Å². The van der Waals surface area contributed by atoms with E-state index < -0.39 is 0 Å². The van der Waals surface area contributed by atoms with Gasteiger partial charge in [0.05, 0.1) is 6.04 Å². The summed E-state index contributed by atoms with van der Waals surface area (Å²) in [7, 11) is 0. The number of nitrogens with zero attached hydrogens (tertiary/aromatic N) is 2. The van der Waals surface area contributed by atoms with Crippen molar-refractivity contribution < 1.29 is 4.79 Å². The summed E-state index contributed by atoms with van der Waals surface area (Å²) < 4.78 is 0. The molecule has 1 aliphatic rings. The minimum absolute atomic E-state index is 0.117. The third kappa shape index (κ3) is 1.94. The first-order valence-corrected chi connectivity index (χ1v) is 5.72. The van der Waals surface area contributed by atoms with Crippen LogP contribution < -0.4 is 0 Å². The first-order chi connectivity index (χ1) is 7.50. The minimum Gasteiger partial charge on any atom is -0.331 e. The standard InChI is InChI=1S/C13H18N2O/c1-13(2,3)15-11(6-7-12(15)16)10-5-4-8-14-9-10/h4-5,8-9,11H,6-7H2,1-3H3. The van der Waals surface area contributed by atoms with E-state index in [-0.39, 0.29) is 17.5 Å². The molecule has 0 N–H and O–H groups in total. The van der Waals surface area contributed by atoms with Crippen LogP contribution in [-0.4, -0.2) is 21.3 Å². The van der Waals surface area contributed by atoms with Gasteiger partial charge in [0.1, 0.15) is 0 Å². The maximum absolute atomic E-state index is 11.9. The lowest BCUT2D eigenvalue weighted by molar-refractivity contribution is -0.133. The Labute approximate surface area is 96.5 Å². The van der Waals surface area contributed by atoms with Gasteiger partial charge in [-0.15, -0.1) is 0 Å². The van der Waals surface area contributed by atoms with E-state index in [0.717, 1.165) is 12.0 Å². The molecule has 0 saturated carbocycles. The third-order valence-electron chi connectivity index (χ3n) is 3.00. The molecule has 1 unspecified atom stereocenters. The SMILES string of the molecule is CC(C)(C)N1C(=O)CCC1c1cccnc1. The van der Waals surface area contributed by atoms with Crippen LogP contribution in [-0.2, 0) is 4.79 Å². The van der Waals surface area contributed by atoms with Crippen molar-refractivity contribution in [1.82, 2.24) is 9.88 Å². The van der Waals surface area contributed by atoms with Crippen molar-refractivity contribution >= 4 is 5.91 Å². The Kier molecular flexibility index (Phi) is 2.70. The zero-order chi connectivity index (χ0) is 11.8. The second kappa shape index (κ2) is 3.89. The topological polar surface area (TPSA) is 33.2 Å². The molecule has 1 fully saturated rings. The van der Waals surface area contributed by atoms with E-state index in [1.807, 2.05) is 17.2 Å². The van der Waals surface area contributed by atoms with Crippen LogP contribution in [0.15, 0.2) is 24.5 Å². The number of amides is 1. The van der Waals surface area contributed by atoms with Crippen LogP contribution in [0.3, 0.4) is 0 Å². The second-order valence-corrected chi connectivity index (χ2v) is 5.28. The first-order valence-electron chi connectivity index (χ1n) is 5.72. The molecule has 1 aromatic rings. The Morgan fingerprint density at radius 3 is 2.75 bits per heavy atom. The number of carbonyl (C=O) groups excluding carboxylic acids is 1. The molecule has 3 nitrogen and oxygen atoms in total. The van der Waals surface area contributed by atoms with Crippen molar-refractivity contribution in [1.29, 1.82) is 0 Å². The molecule has 1 saturated heterocycles. The summed E-state index contributed by atoms with van der Waals surface area (Å²) in [5.74, 6) is 0.251. The highest BCUT2D eigenvalue weighted by molar-refractivity contribution is 5.79. The predicted molar refractivity (Wildman–Crippen MR) is 62.8 cm³/mol. The zero-order valence-electron chi connectivity index (χ0n) is 10.1. The number of hydrogen-bond donors (Lipinski definition) is 0. The molecule has 86 valence electrons. The molecule has 1 amide bonds. The quantitative estimate of drug-likeness (QED) is 0.725. The fourth-order valence-electron chi connectivity index (χ4n) is 2.41. The maximum Gasteiger partial charge on any atom is 0.223 e. The fraction of sp³-hybridized carbons (Fsp3) is 0.538. The molecule has 1 aromatic heterocycles. The average Bonchev–Trinajstić information content (AvgIpc) is 2.61. The van der Waals surface area contributed by atoms with Crippen molar-refractivity contribution in [2.45, 2.75) is 45.2 Å². The molecule has 3 heteroatoms. The number of rotatable bonds is 1. The number of pyridine rings is 1. The van der Waals surface area contributed by atoms with E-state index in [9.17, 15) is 4.79 Å². The number of hydrogen-bond acceptors (Lipinski definition) is 2. The molecule has 0 radical (unpaired) electrons. The van der Waals surface area contributed by atoms with E-state index in [1.54, 1.807) is 6.20 Å². The van der Waals surface area contributed by atoms with Crippen molar-refractivity contribution in [3.63, 3.8) is 0 Å². The number of likely N-dealkylation sites (tertiary alicyclic amines) is 1. The lowest BCUT2D eigenvalue weighted by atomic mass is 10.0. The van der Waals surface area contributed by atoms with Gasteiger partial charge in [0.25, 0.3) is 0 Å². The van der Waals surface area contributed by atoms with Gasteiger partial charge >= 0.3 is 0 Å². The molecule has 0 spiro atoms. The summed E-state index contributed by atoms with van der Waals surface area (Å²) >= 11 is 0. The molecular formula is C13H18N2O. The van der Waals surface area contributed by atoms with Crippen LogP contribution >= 0.6 is 0 Å². The maximum atomic E-state index is 11.9. The monoisotopic (exact) mass is 218 g/mol. The molecule has 0 aromatic carbocycles. The van der Waals surface area contributed by atoms with Gasteiger partial charge in [-0.05, 0) is 38.8 Å². The summed E-state index contributed by atoms with van der Waals surface area (Å²) in [4.78, 5) is 18.0. The van der Waals surface area contributed by atoms with Crippen LogP contribution in [0.2, 0.25) is 0 Å². The van der Waals surface area contributed by atoms with Crippen molar-refractivity contribution in [3.05, 3.63) is 30.1 Å². The van der Waals surface area contributed by atoms with Gasteiger partial charge in [-0.25, -0.2) is 0 Å². The van der Waals surface area contributed by atoms with E-state index in [4.69, 9.17) is 0 Å². The van der Waals surface area contributed by atoms with Gasteiger partial charge in [0.15, 0.2) is 0 Å². The summed E-state index contributed by atoms with van der Waals surface area (Å²) in [6.45, 7) is 6.25. The van der Waals surface area contributed by atoms with Gasteiger partial charge < -0.3 is 4.90 Å². The van der Waals surface area contributed by atoms with E-state index >= 15 is 0 Å². The Morgan fingerprint density at radius 1 is 1.44 bits per heavy atom. The highest BCUT2D eigenvalue weighted by Crippen LogP contribution is 2.37. The fourth-order valence-corrected chi connectivity index (χ4v) is 2.41. The Balaban J connectivity index is 2.32. The molecular weight excluding hydrogens is 200 g/mol. The largest absolute Gasteiger partial charge is 0.331 e. The summed E-state index contributed by atoms with van der Waals surface area (Å²) in [6, 6.07) is 4.18. The Morgan fingerprint density at radius 2 is 2.19 bits per heavy atom. The van der Waals surface area contributed by atoms with Crippen LogP contribution in [0, 0.1) is 0 Å². The van der Waals surface area contributed by atoms with Crippen LogP contribution in [0.1, 0.15) is 45.2 Å². The zero-order valence-corrected chi connectivity index (χ0v) is 10.1. The number of aromatic nitrogens is 1. The van der Waals surface area contributed by atoms with Crippen LogP contribution in [0.5, 0.6) is 0 Å². The van der Waals surface area contributed by atoms with E-state index in [1.165, 1.54) is 0 Å². The summed E-state index contributed by atoms with van der Waals surface area (Å²) in [5.41, 5.74) is 1.02. The van der Waals surface area contributed by atoms with Gasteiger partial charge in [0, 0.05) is 24.4 Å². The Hall–Kier alpha value is -1.38. The first kappa shape index (κ1) is 11.1. The summed E-state index contributed by atoms with van der Waals surface area (Å²) in [5, 5.41) is 0. The van der Waals surface area contributed by atoms with Crippen molar-refractivity contribution in [2.75, 3.05) is 0 Å². The highest BCUT2D eigenvalue weighted by Gasteiger charge is 2.38. The Bertz CT molecular complexity index is 381. The lowest BCUT2D eigenvalue weighted by Crippen LogP contribution is -2.43. The smallest absolute Gasteiger partial charge is 0.223 e. The second-order valence-electron chi connectivity index (χ2n) is 5.28. The molecule has 1 atom stereocenters. The molecule has 2 heterocycles. The van der Waals surface area contributed by atoms with Gasteiger partial charge in [-0.1, -0.05) is 6.07 Å². The summed E-state index contributed by atoms with van der Waals surface area (Å²) in [6.07, 6.45) is 5.18. The van der Waals surface area contributed by atoms with Gasteiger partial charge in [-0.3, -0.25) is 9.78 Å². The van der Waals surface area contributed by atoms with Crippen LogP contribution in [0.25, 0.3) is 0 Å². The lowest BCUT2D eigenvalue weighted by Gasteiger charge is -2.37. The normalized spacial score (nSPS) is 21.6. The molecule has 0 aliphatic carbocycles. The van der Waals surface area contributed by atoms with E-state index in [2.05, 4.69) is 31.8 Å². The predicted octanol–water partition coefficient (Wildman–Crippen LogP) is 2.54. The van der Waals surface area contributed by atoms with Crippen molar-refractivity contribution in [3.8, 4) is 0 Å². The molecule has 2 rings (SSSR count). The number of carbonyl (C=O) groups is 1. The third-order valence-corrected chi connectivity index (χ3v) is 3.00. The van der Waals surface area contributed by atoms with Crippen molar-refractivity contribution in [2.24, 2.45) is 0 Å². The minimum atomic E-state index is -0.117. The van der Waals surface area contributed by atoms with Gasteiger partial charge in [-0.2, -0.15) is 0 Å².